The maximum absolute atomic E-state index is 12.5. The van der Waals surface area contributed by atoms with Crippen LogP contribution in [-0.4, -0.2) is 30.2 Å². The highest BCUT2D eigenvalue weighted by molar-refractivity contribution is 7.89. The third kappa shape index (κ3) is 2.47. The summed E-state index contributed by atoms with van der Waals surface area (Å²) in [7, 11) is -4.01. The lowest BCUT2D eigenvalue weighted by molar-refractivity contribution is -0.385. The van der Waals surface area contributed by atoms with Gasteiger partial charge in [0.05, 0.1) is 16.0 Å². The summed E-state index contributed by atoms with van der Waals surface area (Å²) in [4.78, 5) is 9.70. The maximum Gasteiger partial charge on any atom is 0.270 e. The maximum atomic E-state index is 12.5. The van der Waals surface area contributed by atoms with Crippen LogP contribution in [0.4, 0.5) is 5.69 Å². The van der Waals surface area contributed by atoms with Crippen molar-refractivity contribution < 1.29 is 13.3 Å². The fourth-order valence-corrected chi connectivity index (χ4v) is 4.19. The van der Waals surface area contributed by atoms with Crippen LogP contribution in [0.15, 0.2) is 23.1 Å². The number of nitro benzene ring substituents is 1. The van der Waals surface area contributed by atoms with Gasteiger partial charge in [-0.3, -0.25) is 10.1 Å². The van der Waals surface area contributed by atoms with Crippen molar-refractivity contribution in [2.75, 3.05) is 6.54 Å². The fourth-order valence-electron chi connectivity index (χ4n) is 2.09. The van der Waals surface area contributed by atoms with Crippen molar-refractivity contribution in [3.8, 4) is 6.07 Å². The number of rotatable bonds is 3. The molecule has 1 aliphatic rings. The standard InChI is InChI=1S/C11H10ClN3O4S/c12-10-4-3-8(15(16)17)6-11(10)20(18,19)14-5-1-2-9(14)7-13/h3-4,6,9H,1-2,5H2. The highest BCUT2D eigenvalue weighted by atomic mass is 35.5. The number of sulfonamides is 1. The van der Waals surface area contributed by atoms with Gasteiger partial charge in [0.1, 0.15) is 10.9 Å². The molecule has 2 rings (SSSR count). The topological polar surface area (TPSA) is 104 Å². The van der Waals surface area contributed by atoms with E-state index in [0.717, 1.165) is 16.4 Å². The minimum atomic E-state index is -4.01. The summed E-state index contributed by atoms with van der Waals surface area (Å²) in [5.74, 6) is 0. The number of nitro groups is 1. The molecule has 0 spiro atoms. The van der Waals surface area contributed by atoms with Crippen molar-refractivity contribution in [1.82, 2.24) is 4.31 Å². The Morgan fingerprint density at radius 2 is 2.20 bits per heavy atom. The molecule has 7 nitrogen and oxygen atoms in total. The lowest BCUT2D eigenvalue weighted by atomic mass is 10.2. The van der Waals surface area contributed by atoms with E-state index >= 15 is 0 Å². The number of hydrogen-bond donors (Lipinski definition) is 0. The zero-order chi connectivity index (χ0) is 14.9. The van der Waals surface area contributed by atoms with Crippen molar-refractivity contribution in [2.24, 2.45) is 0 Å². The van der Waals surface area contributed by atoms with Gasteiger partial charge in [-0.25, -0.2) is 8.42 Å². The molecule has 1 aliphatic heterocycles. The van der Waals surface area contributed by atoms with Gasteiger partial charge in [0.2, 0.25) is 10.0 Å². The first-order valence-corrected chi connectivity index (χ1v) is 7.55. The number of nitriles is 1. The smallest absolute Gasteiger partial charge is 0.258 e. The van der Waals surface area contributed by atoms with Gasteiger partial charge in [0, 0.05) is 18.7 Å². The van der Waals surface area contributed by atoms with Crippen LogP contribution in [0.3, 0.4) is 0 Å². The minimum Gasteiger partial charge on any atom is -0.258 e. The normalized spacial score (nSPS) is 19.7. The van der Waals surface area contributed by atoms with Gasteiger partial charge in [-0.15, -0.1) is 0 Å². The van der Waals surface area contributed by atoms with Crippen LogP contribution in [-0.2, 0) is 10.0 Å². The number of nitrogens with zero attached hydrogens (tertiary/aromatic N) is 3. The van der Waals surface area contributed by atoms with E-state index in [-0.39, 0.29) is 22.2 Å². The van der Waals surface area contributed by atoms with Gasteiger partial charge < -0.3 is 0 Å². The Bertz CT molecular complexity index is 698. The van der Waals surface area contributed by atoms with Crippen LogP contribution < -0.4 is 0 Å². The summed E-state index contributed by atoms with van der Waals surface area (Å²) in [6, 6.07) is 4.39. The van der Waals surface area contributed by atoms with E-state index in [4.69, 9.17) is 16.9 Å². The van der Waals surface area contributed by atoms with E-state index in [1.807, 2.05) is 6.07 Å². The molecule has 1 unspecified atom stereocenters. The minimum absolute atomic E-state index is 0.0980. The van der Waals surface area contributed by atoms with E-state index in [0.29, 0.717) is 12.8 Å². The number of halogens is 1. The molecule has 0 radical (unpaired) electrons. The molecule has 9 heteroatoms. The van der Waals surface area contributed by atoms with Crippen LogP contribution in [0.1, 0.15) is 12.8 Å². The molecule has 1 aromatic carbocycles. The number of hydrogen-bond acceptors (Lipinski definition) is 5. The quantitative estimate of drug-likeness (QED) is 0.626. The van der Waals surface area contributed by atoms with Crippen LogP contribution in [0.2, 0.25) is 5.02 Å². The van der Waals surface area contributed by atoms with Gasteiger partial charge in [0.15, 0.2) is 0 Å². The molecule has 1 heterocycles. The molecule has 0 N–H and O–H groups in total. The zero-order valence-corrected chi connectivity index (χ0v) is 11.8. The van der Waals surface area contributed by atoms with Crippen molar-refractivity contribution >= 4 is 27.3 Å². The highest BCUT2D eigenvalue weighted by Gasteiger charge is 2.37. The third-order valence-electron chi connectivity index (χ3n) is 3.06. The lowest BCUT2D eigenvalue weighted by Gasteiger charge is -2.19. The second-order valence-corrected chi connectivity index (χ2v) is 6.54. The molecule has 1 saturated heterocycles. The molecule has 0 amide bonds. The van der Waals surface area contributed by atoms with Crippen LogP contribution >= 0.6 is 11.6 Å². The summed E-state index contributed by atoms with van der Waals surface area (Å²) in [5.41, 5.74) is -0.360. The molecule has 1 aromatic rings. The molecule has 0 bridgehead atoms. The van der Waals surface area contributed by atoms with Crippen molar-refractivity contribution in [3.63, 3.8) is 0 Å². The van der Waals surface area contributed by atoms with Gasteiger partial charge in [0.25, 0.3) is 5.69 Å². The Hall–Kier alpha value is -1.69. The van der Waals surface area contributed by atoms with Gasteiger partial charge in [-0.1, -0.05) is 11.6 Å². The molecule has 1 fully saturated rings. The van der Waals surface area contributed by atoms with E-state index in [1.165, 1.54) is 6.07 Å². The fraction of sp³-hybridized carbons (Fsp3) is 0.364. The molecule has 20 heavy (non-hydrogen) atoms. The first-order valence-electron chi connectivity index (χ1n) is 5.73. The predicted octanol–water partition coefficient (Wildman–Crippen LogP) is 1.92. The Morgan fingerprint density at radius 1 is 1.50 bits per heavy atom. The van der Waals surface area contributed by atoms with E-state index in [1.54, 1.807) is 0 Å². The second-order valence-electron chi connectivity index (χ2n) is 4.27. The molecule has 0 aromatic heterocycles. The molecular formula is C11H10ClN3O4S. The van der Waals surface area contributed by atoms with E-state index in [2.05, 4.69) is 0 Å². The molecule has 0 saturated carbocycles. The average Bonchev–Trinajstić information content (AvgIpc) is 2.87. The Morgan fingerprint density at radius 3 is 2.80 bits per heavy atom. The van der Waals surface area contributed by atoms with Crippen LogP contribution in [0.5, 0.6) is 0 Å². The third-order valence-corrected chi connectivity index (χ3v) is 5.45. The van der Waals surface area contributed by atoms with Crippen LogP contribution in [0, 0.1) is 21.4 Å². The van der Waals surface area contributed by atoms with Gasteiger partial charge in [-0.05, 0) is 18.9 Å². The van der Waals surface area contributed by atoms with E-state index in [9.17, 15) is 18.5 Å². The largest absolute Gasteiger partial charge is 0.270 e. The Balaban J connectivity index is 2.52. The first-order chi connectivity index (χ1) is 9.37. The summed E-state index contributed by atoms with van der Waals surface area (Å²) >= 11 is 5.84. The first kappa shape index (κ1) is 14.7. The van der Waals surface area contributed by atoms with Crippen molar-refractivity contribution in [3.05, 3.63) is 33.3 Å². The number of non-ortho nitro benzene ring substituents is 1. The molecule has 106 valence electrons. The summed E-state index contributed by atoms with van der Waals surface area (Å²) < 4.78 is 26.0. The van der Waals surface area contributed by atoms with Crippen molar-refractivity contribution in [1.29, 1.82) is 5.26 Å². The molecular weight excluding hydrogens is 306 g/mol. The SMILES string of the molecule is N#CC1CCCN1S(=O)(=O)c1cc([N+](=O)[O-])ccc1Cl. The summed E-state index contributed by atoms with van der Waals surface area (Å²) in [6.45, 7) is 0.208. The monoisotopic (exact) mass is 315 g/mol. The zero-order valence-electron chi connectivity index (χ0n) is 10.2. The lowest BCUT2D eigenvalue weighted by Crippen LogP contribution is -2.34. The highest BCUT2D eigenvalue weighted by Crippen LogP contribution is 2.32. The molecule has 0 aliphatic carbocycles. The van der Waals surface area contributed by atoms with Gasteiger partial charge in [-0.2, -0.15) is 9.57 Å². The van der Waals surface area contributed by atoms with E-state index < -0.39 is 21.0 Å². The number of benzene rings is 1. The Labute approximate surface area is 120 Å². The summed E-state index contributed by atoms with van der Waals surface area (Å²) in [6.07, 6.45) is 1.02. The second kappa shape index (κ2) is 5.36. The Kier molecular flexibility index (Phi) is 3.94. The van der Waals surface area contributed by atoms with Crippen LogP contribution in [0.25, 0.3) is 0 Å². The predicted molar refractivity (Wildman–Crippen MR) is 70.6 cm³/mol. The average molecular weight is 316 g/mol. The van der Waals surface area contributed by atoms with Gasteiger partial charge >= 0.3 is 0 Å². The summed E-state index contributed by atoms with van der Waals surface area (Å²) in [5, 5.41) is 19.6. The van der Waals surface area contributed by atoms with Crippen molar-refractivity contribution in [2.45, 2.75) is 23.8 Å². The molecule has 1 atom stereocenters.